The van der Waals surface area contributed by atoms with Gasteiger partial charge >= 0.3 is 21.7 Å². The van der Waals surface area contributed by atoms with E-state index >= 15 is 0 Å². The van der Waals surface area contributed by atoms with Crippen molar-refractivity contribution >= 4 is 0 Å². The normalized spacial score (nSPS) is 16.6. The van der Waals surface area contributed by atoms with Crippen LogP contribution < -0.4 is 29.6 Å². The van der Waals surface area contributed by atoms with E-state index in [1.165, 1.54) is 22.3 Å². The standard InChI is InChI=1S/C16H20O.2ClH.Ti/c1-10-7-6-8-11(2)15(10)17-16-13(4)9-12(3)14(16)5;;;/h6-9,13H,1-5H3;2*1H;/q;;;+2/p-2. The molecule has 0 saturated heterocycles. The Morgan fingerprint density at radius 1 is 0.950 bits per heavy atom. The molecule has 1 unspecified atom stereocenters. The smallest absolute Gasteiger partial charge is 1.00 e. The van der Waals surface area contributed by atoms with Crippen molar-refractivity contribution in [1.82, 2.24) is 0 Å². The average molecular weight is 347 g/mol. The Bertz CT molecular complexity index is 501. The molecule has 0 radical (unpaired) electrons. The SMILES string of the molecule is CC1=CC(C)C(Oc2c(C)cccc2C)=C1C.[Cl-].[Cl-].[Ti+2]. The maximum atomic E-state index is 6.16. The van der Waals surface area contributed by atoms with Crippen molar-refractivity contribution < 1.29 is 51.3 Å². The van der Waals surface area contributed by atoms with Crippen molar-refractivity contribution in [2.24, 2.45) is 5.92 Å². The topological polar surface area (TPSA) is 9.23 Å². The molecule has 2 rings (SSSR count). The van der Waals surface area contributed by atoms with E-state index in [0.717, 1.165) is 11.5 Å². The van der Waals surface area contributed by atoms with Crippen molar-refractivity contribution in [3.05, 3.63) is 52.3 Å². The Kier molecular flexibility index (Phi) is 9.88. The average Bonchev–Trinajstić information content (AvgIpc) is 2.49. The van der Waals surface area contributed by atoms with Gasteiger partial charge in [0.25, 0.3) is 0 Å². The molecule has 0 heterocycles. The molecule has 1 nitrogen and oxygen atoms in total. The van der Waals surface area contributed by atoms with Gasteiger partial charge in [-0.3, -0.25) is 0 Å². The molecule has 0 fully saturated rings. The molecule has 0 N–H and O–H groups in total. The zero-order chi connectivity index (χ0) is 12.6. The maximum Gasteiger partial charge on any atom is 2.00 e. The number of halogens is 2. The van der Waals surface area contributed by atoms with Gasteiger partial charge in [0.15, 0.2) is 0 Å². The number of benzene rings is 1. The molecule has 0 spiro atoms. The summed E-state index contributed by atoms with van der Waals surface area (Å²) in [6, 6.07) is 6.26. The van der Waals surface area contributed by atoms with Gasteiger partial charge in [-0.05, 0) is 50.0 Å². The summed E-state index contributed by atoms with van der Waals surface area (Å²) in [5, 5.41) is 0. The fourth-order valence-electron chi connectivity index (χ4n) is 2.35. The summed E-state index contributed by atoms with van der Waals surface area (Å²) in [7, 11) is 0. The minimum Gasteiger partial charge on any atom is -1.00 e. The van der Waals surface area contributed by atoms with E-state index in [1.54, 1.807) is 0 Å². The van der Waals surface area contributed by atoms with Gasteiger partial charge in [-0.15, -0.1) is 0 Å². The molecular formula is C16H20Cl2OTi. The van der Waals surface area contributed by atoms with Crippen LogP contribution in [0.5, 0.6) is 5.75 Å². The summed E-state index contributed by atoms with van der Waals surface area (Å²) < 4.78 is 6.16. The summed E-state index contributed by atoms with van der Waals surface area (Å²) in [5.41, 5.74) is 5.00. The Morgan fingerprint density at radius 3 is 1.85 bits per heavy atom. The van der Waals surface area contributed by atoms with Crippen molar-refractivity contribution in [1.29, 1.82) is 0 Å². The number of allylic oxidation sites excluding steroid dienone is 3. The predicted octanol–water partition coefficient (Wildman–Crippen LogP) is -1.44. The first-order chi connectivity index (χ1) is 8.00. The number of hydrogen-bond acceptors (Lipinski definition) is 1. The summed E-state index contributed by atoms with van der Waals surface area (Å²) in [5.74, 6) is 2.49. The molecule has 4 heteroatoms. The first kappa shape index (κ1) is 22.1. The van der Waals surface area contributed by atoms with Crippen LogP contribution >= 0.6 is 0 Å². The van der Waals surface area contributed by atoms with Gasteiger partial charge < -0.3 is 29.6 Å². The van der Waals surface area contributed by atoms with Crippen molar-refractivity contribution in [2.75, 3.05) is 0 Å². The second kappa shape index (κ2) is 8.94. The molecule has 0 aliphatic heterocycles. The van der Waals surface area contributed by atoms with Gasteiger partial charge in [-0.1, -0.05) is 31.2 Å². The molecular weight excluding hydrogens is 327 g/mol. The van der Waals surface area contributed by atoms with E-state index in [2.05, 4.69) is 58.9 Å². The predicted molar refractivity (Wildman–Crippen MR) is 72.2 cm³/mol. The molecule has 1 aliphatic carbocycles. The number of hydrogen-bond donors (Lipinski definition) is 0. The minimum atomic E-state index is 0. The van der Waals surface area contributed by atoms with Crippen LogP contribution in [0.15, 0.2) is 41.2 Å². The quantitative estimate of drug-likeness (QED) is 0.596. The van der Waals surface area contributed by atoms with E-state index in [1.807, 2.05) is 0 Å². The molecule has 0 saturated carbocycles. The first-order valence-corrected chi connectivity index (χ1v) is 6.14. The molecule has 0 aromatic heterocycles. The third-order valence-corrected chi connectivity index (χ3v) is 3.50. The zero-order valence-electron chi connectivity index (χ0n) is 12.6. The first-order valence-electron chi connectivity index (χ1n) is 6.14. The second-order valence-corrected chi connectivity index (χ2v) is 4.95. The molecule has 20 heavy (non-hydrogen) atoms. The van der Waals surface area contributed by atoms with Gasteiger partial charge in [-0.25, -0.2) is 0 Å². The largest absolute Gasteiger partial charge is 2.00 e. The number of para-hydroxylation sites is 1. The van der Waals surface area contributed by atoms with Crippen LogP contribution in [0.4, 0.5) is 0 Å². The number of ether oxygens (including phenoxy) is 1. The van der Waals surface area contributed by atoms with Crippen LogP contribution in [0.1, 0.15) is 31.9 Å². The van der Waals surface area contributed by atoms with Crippen LogP contribution in [0.2, 0.25) is 0 Å². The van der Waals surface area contributed by atoms with Crippen LogP contribution in [-0.2, 0) is 21.7 Å². The van der Waals surface area contributed by atoms with E-state index in [0.29, 0.717) is 5.92 Å². The summed E-state index contributed by atoms with van der Waals surface area (Å²) in [6.45, 7) is 10.7. The van der Waals surface area contributed by atoms with E-state index in [-0.39, 0.29) is 46.5 Å². The molecule has 0 amide bonds. The third-order valence-electron chi connectivity index (χ3n) is 3.50. The second-order valence-electron chi connectivity index (χ2n) is 4.95. The molecule has 1 aromatic carbocycles. The van der Waals surface area contributed by atoms with Crippen LogP contribution in [-0.4, -0.2) is 0 Å². The van der Waals surface area contributed by atoms with E-state index in [4.69, 9.17) is 4.74 Å². The molecule has 0 bridgehead atoms. The van der Waals surface area contributed by atoms with Crippen molar-refractivity contribution in [2.45, 2.75) is 34.6 Å². The van der Waals surface area contributed by atoms with Crippen molar-refractivity contribution in [3.63, 3.8) is 0 Å². The van der Waals surface area contributed by atoms with Crippen LogP contribution in [0.25, 0.3) is 0 Å². The maximum absolute atomic E-state index is 6.16. The fourth-order valence-corrected chi connectivity index (χ4v) is 2.35. The van der Waals surface area contributed by atoms with Gasteiger partial charge in [-0.2, -0.15) is 0 Å². The number of aryl methyl sites for hydroxylation is 2. The van der Waals surface area contributed by atoms with Crippen LogP contribution in [0, 0.1) is 19.8 Å². The Balaban J connectivity index is 0. The van der Waals surface area contributed by atoms with Crippen molar-refractivity contribution in [3.8, 4) is 5.75 Å². The summed E-state index contributed by atoms with van der Waals surface area (Å²) in [6.07, 6.45) is 2.26. The Labute approximate surface area is 149 Å². The Hall–Kier alpha value is -0.206. The van der Waals surface area contributed by atoms with Crippen LogP contribution in [0.3, 0.4) is 0 Å². The van der Waals surface area contributed by atoms with E-state index < -0.39 is 0 Å². The van der Waals surface area contributed by atoms with E-state index in [9.17, 15) is 0 Å². The van der Waals surface area contributed by atoms with Gasteiger partial charge in [0.2, 0.25) is 0 Å². The molecule has 108 valence electrons. The molecule has 1 aliphatic rings. The van der Waals surface area contributed by atoms with Gasteiger partial charge in [0.1, 0.15) is 11.5 Å². The zero-order valence-corrected chi connectivity index (χ0v) is 15.6. The third kappa shape index (κ3) is 4.39. The summed E-state index contributed by atoms with van der Waals surface area (Å²) in [4.78, 5) is 0. The minimum absolute atomic E-state index is 0. The van der Waals surface area contributed by atoms with Gasteiger partial charge in [0.05, 0.1) is 0 Å². The van der Waals surface area contributed by atoms with Gasteiger partial charge in [0, 0.05) is 5.92 Å². The molecule has 1 aromatic rings. The fraction of sp³-hybridized carbons (Fsp3) is 0.375. The number of rotatable bonds is 2. The monoisotopic (exact) mass is 346 g/mol. The Morgan fingerprint density at radius 2 is 1.45 bits per heavy atom. The summed E-state index contributed by atoms with van der Waals surface area (Å²) >= 11 is 0. The molecule has 1 atom stereocenters.